The van der Waals surface area contributed by atoms with E-state index in [-0.39, 0.29) is 0 Å². The van der Waals surface area contributed by atoms with Gasteiger partial charge in [-0.15, -0.1) is 0 Å². The zero-order valence-electron chi connectivity index (χ0n) is 16.8. The third-order valence-corrected chi connectivity index (χ3v) is 6.27. The molecule has 0 radical (unpaired) electrons. The molecule has 3 aromatic rings. The highest BCUT2D eigenvalue weighted by Crippen LogP contribution is 2.31. The summed E-state index contributed by atoms with van der Waals surface area (Å²) >= 11 is 12.6. The number of benzene rings is 1. The number of nitrogens with two attached hydrogens (primary N) is 1. The molecule has 4 nitrogen and oxygen atoms in total. The van der Waals surface area contributed by atoms with Crippen molar-refractivity contribution in [2.45, 2.75) is 44.7 Å². The minimum Gasteiger partial charge on any atom is -0.380 e. The lowest BCUT2D eigenvalue weighted by Crippen LogP contribution is -2.27. The van der Waals surface area contributed by atoms with E-state index in [4.69, 9.17) is 28.9 Å². The average Bonchev–Trinajstić information content (AvgIpc) is 2.75. The average molecular weight is 441 g/mol. The van der Waals surface area contributed by atoms with E-state index in [2.05, 4.69) is 27.4 Å². The van der Waals surface area contributed by atoms with Crippen LogP contribution in [0.2, 0.25) is 10.0 Å². The van der Waals surface area contributed by atoms with Crippen molar-refractivity contribution in [2.24, 2.45) is 11.7 Å². The van der Waals surface area contributed by atoms with Crippen molar-refractivity contribution in [1.82, 2.24) is 9.97 Å². The number of halogens is 2. The lowest BCUT2D eigenvalue weighted by atomic mass is 9.83. The van der Waals surface area contributed by atoms with Crippen LogP contribution in [-0.4, -0.2) is 16.0 Å². The van der Waals surface area contributed by atoms with Crippen LogP contribution >= 0.6 is 23.2 Å². The van der Waals surface area contributed by atoms with Gasteiger partial charge in [-0.25, -0.2) is 0 Å². The Morgan fingerprint density at radius 1 is 1.00 bits per heavy atom. The van der Waals surface area contributed by atoms with E-state index >= 15 is 0 Å². The zero-order chi connectivity index (χ0) is 20.9. The first-order chi connectivity index (χ1) is 14.6. The van der Waals surface area contributed by atoms with Gasteiger partial charge in [0, 0.05) is 53.0 Å². The molecule has 4 rings (SSSR count). The molecule has 1 fully saturated rings. The molecule has 1 aliphatic rings. The van der Waals surface area contributed by atoms with E-state index < -0.39 is 0 Å². The van der Waals surface area contributed by atoms with E-state index in [0.29, 0.717) is 23.5 Å². The van der Waals surface area contributed by atoms with Gasteiger partial charge in [-0.05, 0) is 67.9 Å². The third kappa shape index (κ3) is 5.51. The Bertz CT molecular complexity index is 1000. The van der Waals surface area contributed by atoms with Crippen LogP contribution in [0.5, 0.6) is 0 Å². The van der Waals surface area contributed by atoms with Gasteiger partial charge in [-0.3, -0.25) is 9.97 Å². The molecule has 2 aromatic heterocycles. The summed E-state index contributed by atoms with van der Waals surface area (Å²) in [6.45, 7) is 0.671. The fourth-order valence-electron chi connectivity index (χ4n) is 4.04. The maximum absolute atomic E-state index is 6.49. The predicted molar refractivity (Wildman–Crippen MR) is 125 cm³/mol. The van der Waals surface area contributed by atoms with Crippen molar-refractivity contribution in [1.29, 1.82) is 0 Å². The van der Waals surface area contributed by atoms with E-state index in [0.717, 1.165) is 52.4 Å². The topological polar surface area (TPSA) is 63.8 Å². The number of aromatic nitrogens is 2. The maximum atomic E-state index is 6.49. The van der Waals surface area contributed by atoms with Gasteiger partial charge in [-0.2, -0.15) is 0 Å². The molecule has 1 aromatic carbocycles. The molecular formula is C24H26Cl2N4. The van der Waals surface area contributed by atoms with Gasteiger partial charge in [0.2, 0.25) is 0 Å². The summed E-state index contributed by atoms with van der Waals surface area (Å²) in [5.41, 5.74) is 11.1. The summed E-state index contributed by atoms with van der Waals surface area (Å²) in [5.74, 6) is 0.648. The molecule has 0 atom stereocenters. The molecule has 0 aliphatic heterocycles. The Kier molecular flexibility index (Phi) is 6.88. The number of anilines is 1. The Labute approximate surface area is 187 Å². The Balaban J connectivity index is 1.48. The van der Waals surface area contributed by atoms with Crippen LogP contribution in [0.15, 0.2) is 55.0 Å². The second-order valence-corrected chi connectivity index (χ2v) is 8.93. The molecular weight excluding hydrogens is 415 g/mol. The summed E-state index contributed by atoms with van der Waals surface area (Å²) in [4.78, 5) is 8.98. The molecule has 30 heavy (non-hydrogen) atoms. The standard InChI is InChI=1S/C24H26Cl2N4/c25-19-3-1-2-17(8-19)12-29-22-10-18(13-28-14-22)23-11-21(30-15-24(23)26)9-16-4-6-20(27)7-5-16/h1-3,8,10-11,13-16,20,29H,4-7,9,12,27H2. The van der Waals surface area contributed by atoms with E-state index in [1.807, 2.05) is 36.7 Å². The molecule has 3 N–H and O–H groups in total. The Morgan fingerprint density at radius 2 is 1.83 bits per heavy atom. The summed E-state index contributed by atoms with van der Waals surface area (Å²) in [5, 5.41) is 4.78. The predicted octanol–water partition coefficient (Wildman–Crippen LogP) is 6.12. The molecule has 6 heteroatoms. The fourth-order valence-corrected chi connectivity index (χ4v) is 4.46. The minimum atomic E-state index is 0.364. The summed E-state index contributed by atoms with van der Waals surface area (Å²) in [7, 11) is 0. The molecule has 2 heterocycles. The second-order valence-electron chi connectivity index (χ2n) is 8.09. The van der Waals surface area contributed by atoms with Crippen molar-refractivity contribution in [3.63, 3.8) is 0 Å². The Hall–Kier alpha value is -2.14. The first-order valence-electron chi connectivity index (χ1n) is 10.4. The first-order valence-corrected chi connectivity index (χ1v) is 11.2. The van der Waals surface area contributed by atoms with E-state index in [9.17, 15) is 0 Å². The SMILES string of the molecule is NC1CCC(Cc2cc(-c3cncc(NCc4cccc(Cl)c4)c3)c(Cl)cn2)CC1. The lowest BCUT2D eigenvalue weighted by molar-refractivity contribution is 0.323. The number of pyridine rings is 2. The Morgan fingerprint density at radius 3 is 2.63 bits per heavy atom. The first kappa shape index (κ1) is 21.1. The van der Waals surface area contributed by atoms with Crippen LogP contribution in [0.25, 0.3) is 11.1 Å². The highest BCUT2D eigenvalue weighted by atomic mass is 35.5. The van der Waals surface area contributed by atoms with Crippen LogP contribution in [0.4, 0.5) is 5.69 Å². The second kappa shape index (κ2) is 9.78. The van der Waals surface area contributed by atoms with Gasteiger partial charge in [-0.1, -0.05) is 35.3 Å². The monoisotopic (exact) mass is 440 g/mol. The van der Waals surface area contributed by atoms with Crippen molar-refractivity contribution < 1.29 is 0 Å². The number of nitrogens with one attached hydrogen (secondary N) is 1. The molecule has 156 valence electrons. The van der Waals surface area contributed by atoms with Crippen LogP contribution in [0.3, 0.4) is 0 Å². The minimum absolute atomic E-state index is 0.364. The number of nitrogens with zero attached hydrogens (tertiary/aromatic N) is 2. The quantitative estimate of drug-likeness (QED) is 0.484. The zero-order valence-corrected chi connectivity index (χ0v) is 18.3. The molecule has 0 saturated heterocycles. The smallest absolute Gasteiger partial charge is 0.0668 e. The number of rotatable bonds is 6. The van der Waals surface area contributed by atoms with Gasteiger partial charge in [0.25, 0.3) is 0 Å². The third-order valence-electron chi connectivity index (χ3n) is 5.74. The van der Waals surface area contributed by atoms with Crippen molar-refractivity contribution in [2.75, 3.05) is 5.32 Å². The molecule has 0 amide bonds. The molecule has 0 bridgehead atoms. The van der Waals surface area contributed by atoms with Crippen LogP contribution in [-0.2, 0) is 13.0 Å². The van der Waals surface area contributed by atoms with Gasteiger partial charge < -0.3 is 11.1 Å². The van der Waals surface area contributed by atoms with Crippen LogP contribution < -0.4 is 11.1 Å². The van der Waals surface area contributed by atoms with E-state index in [1.165, 1.54) is 12.8 Å². The largest absolute Gasteiger partial charge is 0.380 e. The number of hydrogen-bond donors (Lipinski definition) is 2. The van der Waals surface area contributed by atoms with Gasteiger partial charge in [0.05, 0.1) is 10.7 Å². The lowest BCUT2D eigenvalue weighted by Gasteiger charge is -2.25. The summed E-state index contributed by atoms with van der Waals surface area (Å²) in [6, 6.07) is 12.4. The summed E-state index contributed by atoms with van der Waals surface area (Å²) < 4.78 is 0. The molecule has 0 unspecified atom stereocenters. The molecule has 1 aliphatic carbocycles. The maximum Gasteiger partial charge on any atom is 0.0668 e. The van der Waals surface area contributed by atoms with Gasteiger partial charge >= 0.3 is 0 Å². The van der Waals surface area contributed by atoms with Crippen LogP contribution in [0.1, 0.15) is 36.9 Å². The number of hydrogen-bond acceptors (Lipinski definition) is 4. The highest BCUT2D eigenvalue weighted by Gasteiger charge is 2.19. The van der Waals surface area contributed by atoms with Gasteiger partial charge in [0.1, 0.15) is 0 Å². The molecule has 0 spiro atoms. The van der Waals surface area contributed by atoms with Crippen molar-refractivity contribution in [3.8, 4) is 11.1 Å². The van der Waals surface area contributed by atoms with Crippen molar-refractivity contribution in [3.05, 3.63) is 76.3 Å². The highest BCUT2D eigenvalue weighted by molar-refractivity contribution is 6.33. The summed E-state index contributed by atoms with van der Waals surface area (Å²) in [6.07, 6.45) is 10.9. The van der Waals surface area contributed by atoms with Crippen LogP contribution in [0, 0.1) is 5.92 Å². The van der Waals surface area contributed by atoms with Crippen molar-refractivity contribution >= 4 is 28.9 Å². The van der Waals surface area contributed by atoms with E-state index in [1.54, 1.807) is 6.20 Å². The normalized spacial score (nSPS) is 18.9. The van der Waals surface area contributed by atoms with Gasteiger partial charge in [0.15, 0.2) is 0 Å². The molecule has 1 saturated carbocycles. The fraction of sp³-hybridized carbons (Fsp3) is 0.333.